The zero-order valence-corrected chi connectivity index (χ0v) is 18.7. The van der Waals surface area contributed by atoms with Gasteiger partial charge in [-0.05, 0) is 38.1 Å². The minimum atomic E-state index is -0.510. The topological polar surface area (TPSA) is 83.8 Å². The molecule has 0 saturated carbocycles. The van der Waals surface area contributed by atoms with Gasteiger partial charge in [-0.25, -0.2) is 9.37 Å². The van der Waals surface area contributed by atoms with Gasteiger partial charge in [-0.2, -0.15) is 10.2 Å². The van der Waals surface area contributed by atoms with E-state index in [-0.39, 0.29) is 11.6 Å². The number of pyridine rings is 1. The van der Waals surface area contributed by atoms with Gasteiger partial charge in [0.15, 0.2) is 11.6 Å². The highest BCUT2D eigenvalue weighted by Crippen LogP contribution is 2.40. The van der Waals surface area contributed by atoms with Gasteiger partial charge in [0.05, 0.1) is 17.6 Å². The number of anilines is 1. The maximum Gasteiger partial charge on any atom is 0.166 e. The first-order valence-corrected chi connectivity index (χ1v) is 10.7. The van der Waals surface area contributed by atoms with E-state index in [1.807, 2.05) is 30.8 Å². The van der Waals surface area contributed by atoms with E-state index in [9.17, 15) is 4.39 Å². The normalized spacial score (nSPS) is 15.1. The van der Waals surface area contributed by atoms with Crippen molar-refractivity contribution < 1.29 is 9.13 Å². The molecule has 0 saturated heterocycles. The Morgan fingerprint density at radius 1 is 1.28 bits per heavy atom. The third kappa shape index (κ3) is 3.22. The molecule has 1 atom stereocenters. The maximum absolute atomic E-state index is 14.3. The number of benzene rings is 1. The molecule has 0 aliphatic carbocycles. The summed E-state index contributed by atoms with van der Waals surface area (Å²) < 4.78 is 24.0. The van der Waals surface area contributed by atoms with Crippen LogP contribution < -0.4 is 10.5 Å². The van der Waals surface area contributed by atoms with E-state index in [4.69, 9.17) is 22.1 Å². The van der Waals surface area contributed by atoms with Crippen molar-refractivity contribution in [3.8, 4) is 28.3 Å². The van der Waals surface area contributed by atoms with Crippen LogP contribution in [0.4, 0.5) is 10.2 Å². The van der Waals surface area contributed by atoms with Crippen LogP contribution >= 0.6 is 11.6 Å². The molecule has 0 amide bonds. The van der Waals surface area contributed by atoms with Gasteiger partial charge in [0, 0.05) is 54.0 Å². The van der Waals surface area contributed by atoms with Crippen molar-refractivity contribution in [2.24, 2.45) is 7.05 Å². The quantitative estimate of drug-likeness (QED) is 0.449. The number of rotatable bonds is 1. The van der Waals surface area contributed by atoms with Crippen LogP contribution in [0.1, 0.15) is 36.6 Å². The molecule has 2 bridgehead atoms. The SMILES string of the molecule is CCn1ncc2c1-c1cnc(N)c(c1)O[C@H](C)c1cc(F)ccc1-c1nn(C)c(Cl)c1C2. The third-order valence-corrected chi connectivity index (χ3v) is 6.29. The Labute approximate surface area is 189 Å². The summed E-state index contributed by atoms with van der Waals surface area (Å²) in [6.45, 7) is 4.56. The van der Waals surface area contributed by atoms with Crippen molar-refractivity contribution >= 4 is 17.4 Å². The molecule has 1 aliphatic heterocycles. The molecule has 1 aliphatic rings. The monoisotopic (exact) mass is 452 g/mol. The summed E-state index contributed by atoms with van der Waals surface area (Å²) >= 11 is 6.69. The predicted molar refractivity (Wildman–Crippen MR) is 121 cm³/mol. The summed E-state index contributed by atoms with van der Waals surface area (Å²) in [5.74, 6) is 0.336. The molecule has 4 heterocycles. The summed E-state index contributed by atoms with van der Waals surface area (Å²) in [4.78, 5) is 4.35. The summed E-state index contributed by atoms with van der Waals surface area (Å²) in [6, 6.07) is 6.46. The fourth-order valence-electron chi connectivity index (χ4n) is 4.26. The van der Waals surface area contributed by atoms with Gasteiger partial charge in [0.1, 0.15) is 17.1 Å². The van der Waals surface area contributed by atoms with Gasteiger partial charge in [-0.1, -0.05) is 11.6 Å². The van der Waals surface area contributed by atoms with Crippen LogP contribution in [-0.2, 0) is 20.0 Å². The minimum absolute atomic E-state index is 0.265. The van der Waals surface area contributed by atoms with Crippen molar-refractivity contribution in [3.05, 3.63) is 64.3 Å². The first-order chi connectivity index (χ1) is 15.4. The highest BCUT2D eigenvalue weighted by molar-refractivity contribution is 6.30. The number of nitrogen functional groups attached to an aromatic ring is 1. The molecule has 2 N–H and O–H groups in total. The van der Waals surface area contributed by atoms with Crippen molar-refractivity contribution in [1.29, 1.82) is 0 Å². The van der Waals surface area contributed by atoms with Crippen molar-refractivity contribution in [2.45, 2.75) is 32.9 Å². The standard InChI is InChI=1S/C23H22ClFN6O/c1-4-31-21-13(11-28-31)7-18-20(29-30(3)22(18)24)16-6-5-15(25)9-17(16)12(2)32-19-8-14(21)10-27-23(19)26/h5-6,8-12H,4,7H2,1-3H3,(H2,26,27)/t12-/m1/s1. The third-order valence-electron chi connectivity index (χ3n) is 5.82. The zero-order chi connectivity index (χ0) is 22.6. The molecule has 0 fully saturated rings. The van der Waals surface area contributed by atoms with Crippen LogP contribution in [0.5, 0.6) is 5.75 Å². The van der Waals surface area contributed by atoms with Gasteiger partial charge in [-0.3, -0.25) is 9.36 Å². The smallest absolute Gasteiger partial charge is 0.166 e. The second-order valence-electron chi connectivity index (χ2n) is 7.85. The number of aryl methyl sites for hydroxylation is 2. The molecular formula is C23H22ClFN6O. The van der Waals surface area contributed by atoms with E-state index in [0.717, 1.165) is 27.9 Å². The van der Waals surface area contributed by atoms with E-state index in [2.05, 4.69) is 15.2 Å². The lowest BCUT2D eigenvalue weighted by molar-refractivity contribution is 0.227. The number of hydrogen-bond donors (Lipinski definition) is 1. The van der Waals surface area contributed by atoms with E-state index >= 15 is 0 Å². The summed E-state index contributed by atoms with van der Waals surface area (Å²) in [7, 11) is 1.79. The number of nitrogens with two attached hydrogens (primary N) is 1. The highest BCUT2D eigenvalue weighted by Gasteiger charge is 2.26. The molecular weight excluding hydrogens is 431 g/mol. The van der Waals surface area contributed by atoms with Crippen molar-refractivity contribution in [3.63, 3.8) is 0 Å². The number of aromatic nitrogens is 5. The first kappa shape index (κ1) is 20.5. The first-order valence-electron chi connectivity index (χ1n) is 10.4. The van der Waals surface area contributed by atoms with Crippen molar-refractivity contribution in [1.82, 2.24) is 24.5 Å². The Hall–Kier alpha value is -3.39. The van der Waals surface area contributed by atoms with Crippen LogP contribution in [-0.4, -0.2) is 24.5 Å². The van der Waals surface area contributed by atoms with Crippen LogP contribution in [0.2, 0.25) is 5.15 Å². The summed E-state index contributed by atoms with van der Waals surface area (Å²) in [6.07, 6.45) is 3.54. The number of ether oxygens (including phenoxy) is 1. The predicted octanol–water partition coefficient (Wildman–Crippen LogP) is 4.78. The Bertz CT molecular complexity index is 1340. The minimum Gasteiger partial charge on any atom is -0.482 e. The molecule has 9 heteroatoms. The average molecular weight is 453 g/mol. The molecule has 4 aromatic rings. The van der Waals surface area contributed by atoms with Crippen molar-refractivity contribution in [2.75, 3.05) is 5.73 Å². The number of halogens is 2. The number of hydrogen-bond acceptors (Lipinski definition) is 5. The number of nitrogens with zero attached hydrogens (tertiary/aromatic N) is 5. The molecule has 3 aromatic heterocycles. The molecule has 1 aromatic carbocycles. The Morgan fingerprint density at radius 3 is 2.88 bits per heavy atom. The lowest BCUT2D eigenvalue weighted by atomic mass is 9.94. The lowest BCUT2D eigenvalue weighted by Crippen LogP contribution is -2.10. The van der Waals surface area contributed by atoms with Crippen LogP contribution in [0.3, 0.4) is 0 Å². The van der Waals surface area contributed by atoms with Gasteiger partial charge in [0.25, 0.3) is 0 Å². The Kier molecular flexibility index (Phi) is 4.89. The van der Waals surface area contributed by atoms with E-state index < -0.39 is 6.10 Å². The summed E-state index contributed by atoms with van der Waals surface area (Å²) in [5, 5.41) is 9.75. The zero-order valence-electron chi connectivity index (χ0n) is 17.9. The summed E-state index contributed by atoms with van der Waals surface area (Å²) in [5.41, 5.74) is 11.8. The molecule has 164 valence electrons. The second-order valence-corrected chi connectivity index (χ2v) is 8.21. The average Bonchev–Trinajstić information content (AvgIpc) is 3.30. The van der Waals surface area contributed by atoms with Crippen LogP contribution in [0, 0.1) is 5.82 Å². The van der Waals surface area contributed by atoms with Gasteiger partial charge in [-0.15, -0.1) is 0 Å². The highest BCUT2D eigenvalue weighted by atomic mass is 35.5. The lowest BCUT2D eigenvalue weighted by Gasteiger charge is -2.21. The van der Waals surface area contributed by atoms with E-state index in [0.29, 0.717) is 35.1 Å². The number of fused-ring (bicyclic) bond motifs is 7. The van der Waals surface area contributed by atoms with Crippen LogP contribution in [0.15, 0.2) is 36.7 Å². The molecule has 5 rings (SSSR count). The molecule has 0 spiro atoms. The Balaban J connectivity index is 1.84. The molecule has 0 radical (unpaired) electrons. The Morgan fingerprint density at radius 2 is 2.09 bits per heavy atom. The maximum atomic E-state index is 14.3. The fourth-order valence-corrected chi connectivity index (χ4v) is 4.45. The van der Waals surface area contributed by atoms with Gasteiger partial charge >= 0.3 is 0 Å². The van der Waals surface area contributed by atoms with Gasteiger partial charge < -0.3 is 10.5 Å². The molecule has 32 heavy (non-hydrogen) atoms. The second kappa shape index (κ2) is 7.63. The molecule has 0 unspecified atom stereocenters. The van der Waals surface area contributed by atoms with E-state index in [1.165, 1.54) is 12.1 Å². The molecule has 7 nitrogen and oxygen atoms in total. The fraction of sp³-hybridized carbons (Fsp3) is 0.261. The van der Waals surface area contributed by atoms with Crippen LogP contribution in [0.25, 0.3) is 22.5 Å². The largest absolute Gasteiger partial charge is 0.482 e. The van der Waals surface area contributed by atoms with Gasteiger partial charge in [0.2, 0.25) is 0 Å². The van der Waals surface area contributed by atoms with E-state index in [1.54, 1.807) is 24.0 Å².